The van der Waals surface area contributed by atoms with Gasteiger partial charge in [0.05, 0.1) is 13.2 Å². The zero-order valence-electron chi connectivity index (χ0n) is 9.26. The van der Waals surface area contributed by atoms with Crippen molar-refractivity contribution in [1.29, 1.82) is 0 Å². The lowest BCUT2D eigenvalue weighted by molar-refractivity contribution is 0.136. The molecule has 0 saturated carbocycles. The molecule has 0 rings (SSSR count). The number of alkyl halides is 3. The molecule has 6 nitrogen and oxygen atoms in total. The molecule has 0 aromatic rings. The Morgan fingerprint density at radius 2 is 1.41 bits per heavy atom. The molecule has 0 unspecified atom stereocenters. The van der Waals surface area contributed by atoms with Gasteiger partial charge in [0.25, 0.3) is 0 Å². The fourth-order valence-electron chi connectivity index (χ4n) is 0.781. The van der Waals surface area contributed by atoms with E-state index in [-0.39, 0.29) is 13.2 Å². The van der Waals surface area contributed by atoms with Crippen LogP contribution >= 0.6 is 47.8 Å². The number of carbonyl (C=O) groups excluding carboxylic acids is 2. The Balaban J connectivity index is 4.45. The van der Waals surface area contributed by atoms with Crippen LogP contribution in [0.25, 0.3) is 0 Å². The minimum absolute atomic E-state index is 0.234. The minimum Gasteiger partial charge on any atom is -0.450 e. The van der Waals surface area contributed by atoms with Gasteiger partial charge < -0.3 is 9.47 Å². The highest BCUT2D eigenvalue weighted by molar-refractivity contribution is 9.39. The minimum atomic E-state index is -0.910. The quantitative estimate of drug-likeness (QED) is 0.520. The molecule has 17 heavy (non-hydrogen) atoms. The largest absolute Gasteiger partial charge is 0.450 e. The number of alkyl carbamates (subject to hydrolysis) is 2. The van der Waals surface area contributed by atoms with Gasteiger partial charge in [-0.1, -0.05) is 47.8 Å². The second-order valence-electron chi connectivity index (χ2n) is 2.70. The Morgan fingerprint density at radius 1 is 1.06 bits per heavy atom. The van der Waals surface area contributed by atoms with Crippen LogP contribution in [0.3, 0.4) is 0 Å². The summed E-state index contributed by atoms with van der Waals surface area (Å²) in [5, 5.41) is 4.87. The van der Waals surface area contributed by atoms with E-state index in [1.165, 1.54) is 0 Å². The summed E-state index contributed by atoms with van der Waals surface area (Å²) in [6.07, 6.45) is -2.12. The van der Waals surface area contributed by atoms with E-state index in [0.29, 0.717) is 0 Å². The van der Waals surface area contributed by atoms with Crippen LogP contribution in [0.4, 0.5) is 9.59 Å². The van der Waals surface area contributed by atoms with E-state index in [9.17, 15) is 9.59 Å². The van der Waals surface area contributed by atoms with Crippen LogP contribution in [0.15, 0.2) is 0 Å². The maximum absolute atomic E-state index is 11.3. The fourth-order valence-corrected chi connectivity index (χ4v) is 1.47. The highest BCUT2D eigenvalue weighted by Gasteiger charge is 2.34. The number of rotatable bonds is 4. The lowest BCUT2D eigenvalue weighted by Crippen LogP contribution is -2.54. The number of ether oxygens (including phenoxy) is 2. The number of hydrogen-bond donors (Lipinski definition) is 2. The maximum Gasteiger partial charge on any atom is 0.408 e. The molecule has 0 saturated heterocycles. The van der Waals surface area contributed by atoms with Crippen molar-refractivity contribution >= 4 is 60.0 Å². The summed E-state index contributed by atoms with van der Waals surface area (Å²) in [6.45, 7) is 3.82. The van der Waals surface area contributed by atoms with E-state index in [1.807, 2.05) is 0 Å². The van der Waals surface area contributed by atoms with Crippen LogP contribution in [-0.2, 0) is 9.47 Å². The highest BCUT2D eigenvalue weighted by atomic mass is 80.0. The first-order valence-electron chi connectivity index (χ1n) is 4.74. The standard InChI is InChI=1S/C8H13Br3N2O4/c1-3-16-6(14)12-5(8(9,10)11)13-7(15)17-4-2/h5H,3-4H2,1-2H3,(H,12,14)(H,13,15). The van der Waals surface area contributed by atoms with E-state index >= 15 is 0 Å². The van der Waals surface area contributed by atoms with Gasteiger partial charge >= 0.3 is 12.2 Å². The number of halogens is 3. The van der Waals surface area contributed by atoms with Crippen molar-refractivity contribution in [1.82, 2.24) is 10.6 Å². The van der Waals surface area contributed by atoms with E-state index in [1.54, 1.807) is 13.8 Å². The van der Waals surface area contributed by atoms with Gasteiger partial charge in [-0.15, -0.1) is 0 Å². The Kier molecular flexibility index (Phi) is 8.14. The van der Waals surface area contributed by atoms with Gasteiger partial charge in [-0.3, -0.25) is 10.6 Å². The molecule has 2 amide bonds. The van der Waals surface area contributed by atoms with E-state index in [4.69, 9.17) is 9.47 Å². The molecule has 0 aliphatic heterocycles. The Hall–Kier alpha value is -0.0200. The Morgan fingerprint density at radius 3 is 1.65 bits per heavy atom. The molecule has 0 heterocycles. The first-order valence-corrected chi connectivity index (χ1v) is 7.12. The Bertz CT molecular complexity index is 250. The summed E-state index contributed by atoms with van der Waals surface area (Å²) in [4.78, 5) is 22.5. The van der Waals surface area contributed by atoms with Crippen molar-refractivity contribution in [3.05, 3.63) is 0 Å². The summed E-state index contributed by atoms with van der Waals surface area (Å²) < 4.78 is 8.50. The van der Waals surface area contributed by atoms with Gasteiger partial charge in [0.15, 0.2) is 2.14 Å². The predicted molar refractivity (Wildman–Crippen MR) is 73.6 cm³/mol. The highest BCUT2D eigenvalue weighted by Crippen LogP contribution is 2.36. The molecule has 0 aromatic heterocycles. The van der Waals surface area contributed by atoms with E-state index < -0.39 is 20.5 Å². The molecule has 2 N–H and O–H groups in total. The summed E-state index contributed by atoms with van der Waals surface area (Å²) >= 11 is 9.59. The second-order valence-corrected chi connectivity index (χ2v) is 9.65. The van der Waals surface area contributed by atoms with Crippen molar-refractivity contribution in [3.8, 4) is 0 Å². The molecular formula is C8H13Br3N2O4. The number of nitrogens with one attached hydrogen (secondary N) is 2. The first kappa shape index (κ1) is 17.0. The number of hydrogen-bond acceptors (Lipinski definition) is 4. The van der Waals surface area contributed by atoms with Gasteiger partial charge in [-0.05, 0) is 13.8 Å². The fraction of sp³-hybridized carbons (Fsp3) is 0.750. The summed E-state index contributed by atoms with van der Waals surface area (Å²) in [7, 11) is 0. The van der Waals surface area contributed by atoms with Gasteiger partial charge in [0.1, 0.15) is 6.17 Å². The van der Waals surface area contributed by atoms with Crippen LogP contribution in [0.1, 0.15) is 13.8 Å². The van der Waals surface area contributed by atoms with Gasteiger partial charge in [0.2, 0.25) is 0 Å². The second kappa shape index (κ2) is 8.15. The van der Waals surface area contributed by atoms with Gasteiger partial charge in [-0.2, -0.15) is 0 Å². The van der Waals surface area contributed by atoms with Gasteiger partial charge in [-0.25, -0.2) is 9.59 Å². The molecular weight excluding hydrogens is 428 g/mol. The third-order valence-corrected chi connectivity index (χ3v) is 2.78. The van der Waals surface area contributed by atoms with Crippen LogP contribution < -0.4 is 10.6 Å². The first-order chi connectivity index (χ1) is 7.81. The Labute approximate surface area is 125 Å². The van der Waals surface area contributed by atoms with Crippen LogP contribution in [0.2, 0.25) is 0 Å². The predicted octanol–water partition coefficient (Wildman–Crippen LogP) is 2.64. The molecule has 0 radical (unpaired) electrons. The smallest absolute Gasteiger partial charge is 0.408 e. The third kappa shape index (κ3) is 7.82. The average Bonchev–Trinajstić information content (AvgIpc) is 2.16. The lowest BCUT2D eigenvalue weighted by Gasteiger charge is -2.26. The zero-order valence-corrected chi connectivity index (χ0v) is 14.0. The third-order valence-electron chi connectivity index (χ3n) is 1.40. The summed E-state index contributed by atoms with van der Waals surface area (Å²) in [6, 6.07) is 0. The summed E-state index contributed by atoms with van der Waals surface area (Å²) in [5.41, 5.74) is 0. The van der Waals surface area contributed by atoms with Crippen molar-refractivity contribution in [2.24, 2.45) is 0 Å². The maximum atomic E-state index is 11.3. The molecule has 0 aromatic carbocycles. The molecule has 100 valence electrons. The van der Waals surface area contributed by atoms with E-state index in [0.717, 1.165) is 0 Å². The monoisotopic (exact) mass is 438 g/mol. The lowest BCUT2D eigenvalue weighted by atomic mass is 10.5. The van der Waals surface area contributed by atoms with Crippen molar-refractivity contribution < 1.29 is 19.1 Å². The molecule has 0 aliphatic carbocycles. The van der Waals surface area contributed by atoms with E-state index in [2.05, 4.69) is 58.4 Å². The average molecular weight is 441 g/mol. The van der Waals surface area contributed by atoms with Gasteiger partial charge in [0, 0.05) is 0 Å². The normalized spacial score (nSPS) is 10.9. The van der Waals surface area contributed by atoms with Crippen LogP contribution in [-0.4, -0.2) is 33.7 Å². The zero-order chi connectivity index (χ0) is 13.5. The van der Waals surface area contributed by atoms with Crippen molar-refractivity contribution in [2.45, 2.75) is 22.2 Å². The van der Waals surface area contributed by atoms with Crippen LogP contribution in [0, 0.1) is 0 Å². The number of carbonyl (C=O) groups is 2. The summed E-state index contributed by atoms with van der Waals surface area (Å²) in [5.74, 6) is 0. The molecule has 0 spiro atoms. The van der Waals surface area contributed by atoms with Crippen molar-refractivity contribution in [3.63, 3.8) is 0 Å². The number of amides is 2. The SMILES string of the molecule is CCOC(=O)NC(NC(=O)OCC)C(Br)(Br)Br. The topological polar surface area (TPSA) is 76.7 Å². The molecule has 0 aliphatic rings. The van der Waals surface area contributed by atoms with Crippen molar-refractivity contribution in [2.75, 3.05) is 13.2 Å². The molecule has 0 bridgehead atoms. The molecule has 9 heteroatoms. The molecule has 0 fully saturated rings. The molecule has 0 atom stereocenters. The van der Waals surface area contributed by atoms with Crippen LogP contribution in [0.5, 0.6) is 0 Å².